The molecule has 6 nitrogen and oxygen atoms in total. The number of para-hydroxylation sites is 1. The van der Waals surface area contributed by atoms with Crippen LogP contribution in [0.3, 0.4) is 0 Å². The summed E-state index contributed by atoms with van der Waals surface area (Å²) in [6.45, 7) is 3.48. The van der Waals surface area contributed by atoms with Crippen molar-refractivity contribution in [1.29, 1.82) is 0 Å². The van der Waals surface area contributed by atoms with Crippen molar-refractivity contribution in [3.63, 3.8) is 0 Å². The number of anilines is 1. The van der Waals surface area contributed by atoms with Gasteiger partial charge in [0.25, 0.3) is 0 Å². The Morgan fingerprint density at radius 2 is 1.96 bits per heavy atom. The number of carbonyl (C=O) groups excluding carboxylic acids is 1. The van der Waals surface area contributed by atoms with Gasteiger partial charge in [-0.3, -0.25) is 9.10 Å². The second kappa shape index (κ2) is 8.69. The number of hydrogen-bond acceptors (Lipinski definition) is 4. The molecule has 1 aromatic rings. The first-order chi connectivity index (χ1) is 11.4. The van der Waals surface area contributed by atoms with Crippen molar-refractivity contribution in [1.82, 2.24) is 10.2 Å². The number of halogens is 1. The summed E-state index contributed by atoms with van der Waals surface area (Å²) >= 11 is 6.06. The lowest BCUT2D eigenvalue weighted by molar-refractivity contribution is -0.119. The Morgan fingerprint density at radius 1 is 1.29 bits per heavy atom. The molecule has 0 atom stereocenters. The molecule has 1 N–H and O–H groups in total. The van der Waals surface area contributed by atoms with Crippen LogP contribution in [-0.2, 0) is 14.8 Å². The van der Waals surface area contributed by atoms with Crippen LogP contribution in [0.4, 0.5) is 5.69 Å². The Labute approximate surface area is 148 Å². The standard InChI is InChI=1S/C16H24ClN3O3S/c1-24(22,23)20(15-8-3-2-7-14(15)17)13-16(21)18-9-6-12-19-10-4-5-11-19/h2-3,7-8H,4-6,9-13H2,1H3,(H,18,21). The van der Waals surface area contributed by atoms with E-state index in [0.717, 1.165) is 36.6 Å². The molecule has 24 heavy (non-hydrogen) atoms. The van der Waals surface area contributed by atoms with Crippen LogP contribution in [0, 0.1) is 0 Å². The van der Waals surface area contributed by atoms with Crippen LogP contribution in [0.15, 0.2) is 24.3 Å². The van der Waals surface area contributed by atoms with E-state index >= 15 is 0 Å². The third-order valence-electron chi connectivity index (χ3n) is 3.98. The third-order valence-corrected chi connectivity index (χ3v) is 5.43. The van der Waals surface area contributed by atoms with Crippen LogP contribution >= 0.6 is 11.6 Å². The molecule has 8 heteroatoms. The molecule has 1 saturated heterocycles. The Morgan fingerprint density at radius 3 is 2.58 bits per heavy atom. The Balaban J connectivity index is 1.87. The molecule has 1 heterocycles. The number of amides is 1. The average molecular weight is 374 g/mol. The van der Waals surface area contributed by atoms with E-state index in [0.29, 0.717) is 17.3 Å². The lowest BCUT2D eigenvalue weighted by Gasteiger charge is -2.23. The summed E-state index contributed by atoms with van der Waals surface area (Å²) in [7, 11) is -3.60. The predicted molar refractivity (Wildman–Crippen MR) is 96.9 cm³/mol. The van der Waals surface area contributed by atoms with Crippen LogP contribution in [-0.4, -0.2) is 58.2 Å². The van der Waals surface area contributed by atoms with Gasteiger partial charge >= 0.3 is 0 Å². The van der Waals surface area contributed by atoms with Crippen molar-refractivity contribution in [2.75, 3.05) is 43.3 Å². The van der Waals surface area contributed by atoms with Gasteiger partial charge in [-0.1, -0.05) is 23.7 Å². The van der Waals surface area contributed by atoms with Crippen molar-refractivity contribution < 1.29 is 13.2 Å². The van der Waals surface area contributed by atoms with Gasteiger partial charge in [-0.2, -0.15) is 0 Å². The van der Waals surface area contributed by atoms with E-state index in [1.165, 1.54) is 12.8 Å². The van der Waals surface area contributed by atoms with Crippen LogP contribution in [0.25, 0.3) is 0 Å². The van der Waals surface area contributed by atoms with Crippen molar-refractivity contribution in [2.24, 2.45) is 0 Å². The zero-order chi connectivity index (χ0) is 17.6. The van der Waals surface area contributed by atoms with E-state index in [4.69, 9.17) is 11.6 Å². The number of likely N-dealkylation sites (tertiary alicyclic amines) is 1. The second-order valence-electron chi connectivity index (χ2n) is 5.97. The monoisotopic (exact) mass is 373 g/mol. The van der Waals surface area contributed by atoms with Gasteiger partial charge < -0.3 is 10.2 Å². The lowest BCUT2D eigenvalue weighted by Crippen LogP contribution is -2.41. The van der Waals surface area contributed by atoms with Gasteiger partial charge in [-0.25, -0.2) is 8.42 Å². The van der Waals surface area contributed by atoms with Crippen molar-refractivity contribution in [3.05, 3.63) is 29.3 Å². The largest absolute Gasteiger partial charge is 0.354 e. The van der Waals surface area contributed by atoms with E-state index in [1.54, 1.807) is 24.3 Å². The number of sulfonamides is 1. The minimum Gasteiger partial charge on any atom is -0.354 e. The van der Waals surface area contributed by atoms with Gasteiger partial charge in [0.2, 0.25) is 15.9 Å². The Bertz CT molecular complexity index is 660. The third kappa shape index (κ3) is 5.65. The van der Waals surface area contributed by atoms with Crippen LogP contribution in [0.5, 0.6) is 0 Å². The molecule has 0 saturated carbocycles. The molecule has 134 valence electrons. The highest BCUT2D eigenvalue weighted by Gasteiger charge is 2.22. The summed E-state index contributed by atoms with van der Waals surface area (Å²) in [6.07, 6.45) is 4.41. The smallest absolute Gasteiger partial charge is 0.240 e. The SMILES string of the molecule is CS(=O)(=O)N(CC(=O)NCCCN1CCCC1)c1ccccc1Cl. The maximum Gasteiger partial charge on any atom is 0.240 e. The molecule has 1 aliphatic rings. The highest BCUT2D eigenvalue weighted by atomic mass is 35.5. The molecule has 0 bridgehead atoms. The number of hydrogen-bond donors (Lipinski definition) is 1. The molecular formula is C16H24ClN3O3S. The molecule has 0 aliphatic carbocycles. The molecule has 1 fully saturated rings. The minimum atomic E-state index is -3.60. The zero-order valence-electron chi connectivity index (χ0n) is 13.9. The van der Waals surface area contributed by atoms with Crippen molar-refractivity contribution >= 4 is 33.2 Å². The van der Waals surface area contributed by atoms with Crippen LogP contribution in [0.2, 0.25) is 5.02 Å². The average Bonchev–Trinajstić information content (AvgIpc) is 3.02. The number of nitrogens with one attached hydrogen (secondary N) is 1. The number of rotatable bonds is 8. The summed E-state index contributed by atoms with van der Waals surface area (Å²) < 4.78 is 25.0. The van der Waals surface area contributed by atoms with Gasteiger partial charge in [0.05, 0.1) is 17.0 Å². The normalized spacial score (nSPS) is 15.4. The highest BCUT2D eigenvalue weighted by Crippen LogP contribution is 2.26. The number of benzene rings is 1. The molecule has 0 radical (unpaired) electrons. The van der Waals surface area contributed by atoms with E-state index in [9.17, 15) is 13.2 Å². The fourth-order valence-corrected chi connectivity index (χ4v) is 3.91. The first-order valence-corrected chi connectivity index (χ1v) is 10.3. The zero-order valence-corrected chi connectivity index (χ0v) is 15.4. The number of carbonyl (C=O) groups is 1. The molecule has 0 unspecified atom stereocenters. The van der Waals surface area contributed by atoms with Gasteiger partial charge in [-0.15, -0.1) is 0 Å². The van der Waals surface area contributed by atoms with Gasteiger partial charge in [-0.05, 0) is 51.0 Å². The molecular weight excluding hydrogens is 350 g/mol. The van der Waals surface area contributed by atoms with Gasteiger partial charge in [0.1, 0.15) is 6.54 Å². The minimum absolute atomic E-state index is 0.272. The molecule has 0 aromatic heterocycles. The molecule has 1 aromatic carbocycles. The van der Waals surface area contributed by atoms with Crippen LogP contribution < -0.4 is 9.62 Å². The van der Waals surface area contributed by atoms with Gasteiger partial charge in [0.15, 0.2) is 0 Å². The van der Waals surface area contributed by atoms with Crippen molar-refractivity contribution in [2.45, 2.75) is 19.3 Å². The molecule has 0 spiro atoms. The second-order valence-corrected chi connectivity index (χ2v) is 8.29. The molecule has 1 amide bonds. The summed E-state index contributed by atoms with van der Waals surface area (Å²) in [5.74, 6) is -0.332. The van der Waals surface area contributed by atoms with E-state index < -0.39 is 10.0 Å². The maximum atomic E-state index is 12.1. The fraction of sp³-hybridized carbons (Fsp3) is 0.562. The molecule has 2 rings (SSSR count). The summed E-state index contributed by atoms with van der Waals surface area (Å²) in [5, 5.41) is 3.08. The first-order valence-electron chi connectivity index (χ1n) is 8.09. The number of nitrogens with zero attached hydrogens (tertiary/aromatic N) is 2. The Kier molecular flexibility index (Phi) is 6.89. The van der Waals surface area contributed by atoms with E-state index in [-0.39, 0.29) is 12.5 Å². The van der Waals surface area contributed by atoms with E-state index in [2.05, 4.69) is 10.2 Å². The molecule has 1 aliphatic heterocycles. The first kappa shape index (κ1) is 19.0. The quantitative estimate of drug-likeness (QED) is 0.704. The lowest BCUT2D eigenvalue weighted by atomic mass is 10.3. The predicted octanol–water partition coefficient (Wildman–Crippen LogP) is 1.71. The Hall–Kier alpha value is -1.31. The van der Waals surface area contributed by atoms with Crippen molar-refractivity contribution in [3.8, 4) is 0 Å². The fourth-order valence-electron chi connectivity index (χ4n) is 2.76. The topological polar surface area (TPSA) is 69.7 Å². The van der Waals surface area contributed by atoms with Gasteiger partial charge in [0, 0.05) is 6.54 Å². The summed E-state index contributed by atoms with van der Waals surface area (Å²) in [6, 6.07) is 6.59. The van der Waals surface area contributed by atoms with Crippen LogP contribution in [0.1, 0.15) is 19.3 Å². The van der Waals surface area contributed by atoms with E-state index in [1.807, 2.05) is 0 Å². The highest BCUT2D eigenvalue weighted by molar-refractivity contribution is 7.92. The summed E-state index contributed by atoms with van der Waals surface area (Å²) in [5.41, 5.74) is 0.314. The maximum absolute atomic E-state index is 12.1. The summed E-state index contributed by atoms with van der Waals surface area (Å²) in [4.78, 5) is 14.5.